The molecule has 33 heavy (non-hydrogen) atoms. The molecule has 4 rings (SSSR count). The van der Waals surface area contributed by atoms with Crippen LogP contribution in [0.1, 0.15) is 37.6 Å². The third-order valence-corrected chi connectivity index (χ3v) is 6.07. The Kier molecular flexibility index (Phi) is 5.80. The van der Waals surface area contributed by atoms with Gasteiger partial charge in [-0.05, 0) is 43.5 Å². The minimum Gasteiger partial charge on any atom is -0.353 e. The molecule has 0 saturated heterocycles. The van der Waals surface area contributed by atoms with E-state index in [2.05, 4.69) is 31.9 Å². The van der Waals surface area contributed by atoms with Crippen LogP contribution >= 0.6 is 0 Å². The molecule has 3 aromatic rings. The molecule has 9 nitrogen and oxygen atoms in total. The minimum absolute atomic E-state index is 0.123. The van der Waals surface area contributed by atoms with E-state index in [-0.39, 0.29) is 16.7 Å². The average Bonchev–Trinajstić information content (AvgIpc) is 3.33. The number of nitrogens with zero attached hydrogens (tertiary/aromatic N) is 4. The number of rotatable bonds is 8. The first kappa shape index (κ1) is 22.7. The van der Waals surface area contributed by atoms with Gasteiger partial charge in [0.1, 0.15) is 11.5 Å². The summed E-state index contributed by atoms with van der Waals surface area (Å²) >= 11 is 0. The summed E-state index contributed by atoms with van der Waals surface area (Å²) in [5.41, 5.74) is 1.94. The zero-order valence-electron chi connectivity index (χ0n) is 18.5. The normalized spacial score (nSPS) is 14.5. The second kappa shape index (κ2) is 8.44. The fourth-order valence-electron chi connectivity index (χ4n) is 3.49. The number of sulfonamides is 1. The standard InChI is InChI=1S/C22H24FN7O2S/c1-13-11-14(17(23)16(12-13)30-33(3,31)32)18-19(29-20(28-18)22(2)6-7-22)15-5-10-26-21(27-15)25-9-4-8-24/h5,10-12,30H,4,6-7,9H2,1-3H3,(H,28,29)(H,25,26,27). The molecule has 1 aliphatic carbocycles. The Morgan fingerprint density at radius 3 is 2.73 bits per heavy atom. The lowest BCUT2D eigenvalue weighted by atomic mass is 10.0. The molecule has 172 valence electrons. The molecule has 0 aliphatic heterocycles. The van der Waals surface area contributed by atoms with E-state index < -0.39 is 15.8 Å². The van der Waals surface area contributed by atoms with E-state index in [4.69, 9.17) is 10.2 Å². The number of H-pyrrole nitrogens is 1. The zero-order chi connectivity index (χ0) is 23.8. The molecule has 2 aromatic heterocycles. The van der Waals surface area contributed by atoms with Gasteiger partial charge in [0.2, 0.25) is 16.0 Å². The van der Waals surface area contributed by atoms with E-state index >= 15 is 4.39 Å². The monoisotopic (exact) mass is 469 g/mol. The summed E-state index contributed by atoms with van der Waals surface area (Å²) < 4.78 is 41.3. The number of aromatic amines is 1. The highest BCUT2D eigenvalue weighted by molar-refractivity contribution is 7.92. The Morgan fingerprint density at radius 1 is 1.30 bits per heavy atom. The molecule has 11 heteroatoms. The molecule has 0 atom stereocenters. The quantitative estimate of drug-likeness (QED) is 0.428. The summed E-state index contributed by atoms with van der Waals surface area (Å²) in [7, 11) is -3.67. The van der Waals surface area contributed by atoms with E-state index in [1.807, 2.05) is 6.07 Å². The van der Waals surface area contributed by atoms with Gasteiger partial charge in [-0.25, -0.2) is 27.8 Å². The van der Waals surface area contributed by atoms with Crippen molar-refractivity contribution in [2.45, 2.75) is 38.5 Å². The van der Waals surface area contributed by atoms with Crippen LogP contribution < -0.4 is 10.0 Å². The van der Waals surface area contributed by atoms with Crippen molar-refractivity contribution in [3.8, 4) is 28.7 Å². The van der Waals surface area contributed by atoms with E-state index in [0.29, 0.717) is 41.6 Å². The lowest BCUT2D eigenvalue weighted by molar-refractivity contribution is 0.604. The summed E-state index contributed by atoms with van der Waals surface area (Å²) in [5, 5.41) is 11.7. The number of anilines is 2. The van der Waals surface area contributed by atoms with Crippen molar-refractivity contribution >= 4 is 21.7 Å². The Morgan fingerprint density at radius 2 is 2.06 bits per heavy atom. The summed E-state index contributed by atoms with van der Waals surface area (Å²) in [5.74, 6) is 0.350. The smallest absolute Gasteiger partial charge is 0.229 e. The summed E-state index contributed by atoms with van der Waals surface area (Å²) in [4.78, 5) is 16.7. The van der Waals surface area contributed by atoms with Crippen molar-refractivity contribution in [3.05, 3.63) is 41.6 Å². The largest absolute Gasteiger partial charge is 0.353 e. The first-order valence-corrected chi connectivity index (χ1v) is 12.3. The second-order valence-electron chi connectivity index (χ2n) is 8.52. The summed E-state index contributed by atoms with van der Waals surface area (Å²) in [6.07, 6.45) is 4.77. The van der Waals surface area contributed by atoms with Gasteiger partial charge < -0.3 is 10.3 Å². The minimum atomic E-state index is -3.67. The first-order chi connectivity index (χ1) is 15.6. The van der Waals surface area contributed by atoms with Crippen LogP contribution in [-0.2, 0) is 15.4 Å². The number of halogens is 1. The molecule has 0 spiro atoms. The lowest BCUT2D eigenvalue weighted by Gasteiger charge is -2.11. The molecule has 0 radical (unpaired) electrons. The Hall–Kier alpha value is -3.52. The SMILES string of the molecule is Cc1cc(NS(C)(=O)=O)c(F)c(-c2nc(C3(C)CC3)[nH]c2-c2ccnc(NCCC#N)n2)c1. The van der Waals surface area contributed by atoms with E-state index in [9.17, 15) is 8.42 Å². The van der Waals surface area contributed by atoms with Crippen molar-refractivity contribution in [1.82, 2.24) is 19.9 Å². The predicted octanol–water partition coefficient (Wildman–Crippen LogP) is 3.73. The van der Waals surface area contributed by atoms with Crippen molar-refractivity contribution in [1.29, 1.82) is 5.26 Å². The number of aryl methyl sites for hydroxylation is 1. The molecular weight excluding hydrogens is 445 g/mol. The molecule has 3 N–H and O–H groups in total. The van der Waals surface area contributed by atoms with Gasteiger partial charge in [0.15, 0.2) is 5.82 Å². The van der Waals surface area contributed by atoms with E-state index in [0.717, 1.165) is 24.9 Å². The fraction of sp³-hybridized carbons (Fsp3) is 0.364. The lowest BCUT2D eigenvalue weighted by Crippen LogP contribution is -2.11. The summed E-state index contributed by atoms with van der Waals surface area (Å²) in [6.45, 7) is 4.23. The molecule has 2 heterocycles. The van der Waals surface area contributed by atoms with E-state index in [1.165, 1.54) is 6.07 Å². The molecule has 1 aromatic carbocycles. The Balaban J connectivity index is 1.85. The van der Waals surface area contributed by atoms with Gasteiger partial charge in [-0.2, -0.15) is 5.26 Å². The highest BCUT2D eigenvalue weighted by Gasteiger charge is 2.43. The highest BCUT2D eigenvalue weighted by Crippen LogP contribution is 2.48. The summed E-state index contributed by atoms with van der Waals surface area (Å²) in [6, 6.07) is 6.81. The third kappa shape index (κ3) is 4.96. The maximum atomic E-state index is 15.5. The van der Waals surface area contributed by atoms with Crippen LogP contribution in [0.2, 0.25) is 0 Å². The van der Waals surface area contributed by atoms with Crippen molar-refractivity contribution < 1.29 is 12.8 Å². The van der Waals surface area contributed by atoms with Gasteiger partial charge in [0, 0.05) is 23.7 Å². The van der Waals surface area contributed by atoms with Crippen molar-refractivity contribution in [2.24, 2.45) is 0 Å². The average molecular weight is 470 g/mol. The number of hydrogen-bond acceptors (Lipinski definition) is 7. The molecule has 0 amide bonds. The fourth-order valence-corrected chi connectivity index (χ4v) is 4.04. The van der Waals surface area contributed by atoms with Crippen LogP contribution in [-0.4, -0.2) is 41.2 Å². The van der Waals surface area contributed by atoms with Crippen molar-refractivity contribution in [3.63, 3.8) is 0 Å². The number of benzene rings is 1. The number of nitrogens with one attached hydrogen (secondary N) is 3. The molecule has 0 bridgehead atoms. The first-order valence-electron chi connectivity index (χ1n) is 10.4. The Bertz CT molecular complexity index is 1360. The van der Waals surface area contributed by atoms with Gasteiger partial charge in [0.05, 0.1) is 35.8 Å². The van der Waals surface area contributed by atoms with Gasteiger partial charge >= 0.3 is 0 Å². The van der Waals surface area contributed by atoms with Gasteiger partial charge in [-0.3, -0.25) is 4.72 Å². The van der Waals surface area contributed by atoms with Crippen LogP contribution in [0.3, 0.4) is 0 Å². The molecular formula is C22H24FN7O2S. The number of nitriles is 1. The molecule has 1 saturated carbocycles. The van der Waals surface area contributed by atoms with Crippen LogP contribution in [0.5, 0.6) is 0 Å². The molecule has 1 aliphatic rings. The van der Waals surface area contributed by atoms with Crippen LogP contribution in [0.4, 0.5) is 16.0 Å². The van der Waals surface area contributed by atoms with Crippen LogP contribution in [0.15, 0.2) is 24.4 Å². The maximum absolute atomic E-state index is 15.5. The van der Waals surface area contributed by atoms with Crippen LogP contribution in [0, 0.1) is 24.1 Å². The number of hydrogen-bond donors (Lipinski definition) is 3. The van der Waals surface area contributed by atoms with Gasteiger partial charge in [-0.1, -0.05) is 6.92 Å². The molecule has 0 unspecified atom stereocenters. The maximum Gasteiger partial charge on any atom is 0.229 e. The predicted molar refractivity (Wildman–Crippen MR) is 124 cm³/mol. The number of imidazole rings is 1. The highest BCUT2D eigenvalue weighted by atomic mass is 32.2. The number of aromatic nitrogens is 4. The molecule has 1 fully saturated rings. The second-order valence-corrected chi connectivity index (χ2v) is 10.3. The van der Waals surface area contributed by atoms with Crippen molar-refractivity contribution in [2.75, 3.05) is 22.8 Å². The zero-order valence-corrected chi connectivity index (χ0v) is 19.3. The topological polar surface area (TPSA) is 136 Å². The third-order valence-electron chi connectivity index (χ3n) is 5.47. The van der Waals surface area contributed by atoms with Crippen LogP contribution in [0.25, 0.3) is 22.6 Å². The van der Waals surface area contributed by atoms with Gasteiger partial charge in [-0.15, -0.1) is 0 Å². The van der Waals surface area contributed by atoms with E-state index in [1.54, 1.807) is 25.3 Å². The Labute approximate surface area is 191 Å². The van der Waals surface area contributed by atoms with Gasteiger partial charge in [0.25, 0.3) is 0 Å².